The molecule has 126 valence electrons. The molecule has 1 aliphatic heterocycles. The fraction of sp³-hybridized carbons (Fsp3) is 0.350. The van der Waals surface area contributed by atoms with Gasteiger partial charge in [-0.3, -0.25) is 4.79 Å². The van der Waals surface area contributed by atoms with Gasteiger partial charge in [0.25, 0.3) is 5.91 Å². The minimum absolute atomic E-state index is 0.0402. The number of carbonyl (C=O) groups excluding carboxylic acids is 1. The zero-order valence-corrected chi connectivity index (χ0v) is 14.2. The highest BCUT2D eigenvalue weighted by Crippen LogP contribution is 2.24. The lowest BCUT2D eigenvalue weighted by atomic mass is 10.1. The monoisotopic (exact) mass is 325 g/mol. The third kappa shape index (κ3) is 3.77. The molecular formula is C20H23NO3. The molecule has 4 heteroatoms. The molecule has 0 spiro atoms. The summed E-state index contributed by atoms with van der Waals surface area (Å²) in [5, 5.41) is 0. The van der Waals surface area contributed by atoms with Gasteiger partial charge in [-0.25, -0.2) is 0 Å². The van der Waals surface area contributed by atoms with Crippen molar-refractivity contribution in [2.75, 3.05) is 26.3 Å². The molecule has 1 amide bonds. The van der Waals surface area contributed by atoms with E-state index in [1.165, 1.54) is 5.56 Å². The number of carbonyl (C=O) groups is 1. The number of amides is 1. The largest absolute Gasteiger partial charge is 0.494 e. The molecule has 1 fully saturated rings. The molecule has 0 bridgehead atoms. The highest BCUT2D eigenvalue weighted by molar-refractivity contribution is 5.94. The third-order valence-electron chi connectivity index (χ3n) is 4.22. The van der Waals surface area contributed by atoms with Crippen molar-refractivity contribution in [1.82, 2.24) is 4.90 Å². The molecule has 1 atom stereocenters. The van der Waals surface area contributed by atoms with Crippen molar-refractivity contribution >= 4 is 5.91 Å². The molecule has 24 heavy (non-hydrogen) atoms. The van der Waals surface area contributed by atoms with Crippen LogP contribution < -0.4 is 4.74 Å². The number of hydrogen-bond acceptors (Lipinski definition) is 3. The van der Waals surface area contributed by atoms with Crippen LogP contribution in [0.25, 0.3) is 0 Å². The van der Waals surface area contributed by atoms with E-state index in [-0.39, 0.29) is 12.0 Å². The van der Waals surface area contributed by atoms with Crippen LogP contribution in [0.4, 0.5) is 0 Å². The van der Waals surface area contributed by atoms with Gasteiger partial charge in [0.1, 0.15) is 11.9 Å². The number of morpholine rings is 1. The SMILES string of the molecule is CCOc1ccc(C(=O)N2CCOC(c3ccc(C)cc3)C2)cc1. The molecule has 1 aliphatic rings. The molecule has 1 heterocycles. The van der Waals surface area contributed by atoms with Gasteiger partial charge in [-0.05, 0) is 43.7 Å². The summed E-state index contributed by atoms with van der Waals surface area (Å²) in [6.45, 7) is 6.38. The van der Waals surface area contributed by atoms with Crippen LogP contribution in [0.5, 0.6) is 5.75 Å². The molecule has 2 aromatic carbocycles. The summed E-state index contributed by atoms with van der Waals surface area (Å²) >= 11 is 0. The summed E-state index contributed by atoms with van der Waals surface area (Å²) in [6, 6.07) is 15.6. The van der Waals surface area contributed by atoms with Crippen LogP contribution in [0.3, 0.4) is 0 Å². The summed E-state index contributed by atoms with van der Waals surface area (Å²) < 4.78 is 11.3. The van der Waals surface area contributed by atoms with Crippen LogP contribution in [0.2, 0.25) is 0 Å². The second-order valence-electron chi connectivity index (χ2n) is 5.98. The van der Waals surface area contributed by atoms with Gasteiger partial charge in [0.05, 0.1) is 19.8 Å². The van der Waals surface area contributed by atoms with E-state index in [0.717, 1.165) is 11.3 Å². The molecule has 0 radical (unpaired) electrons. The first-order valence-corrected chi connectivity index (χ1v) is 8.37. The number of ether oxygens (including phenoxy) is 2. The van der Waals surface area contributed by atoms with Crippen molar-refractivity contribution in [3.63, 3.8) is 0 Å². The Morgan fingerprint density at radius 1 is 1.17 bits per heavy atom. The van der Waals surface area contributed by atoms with E-state index >= 15 is 0 Å². The molecule has 3 rings (SSSR count). The first kappa shape index (κ1) is 16.5. The first-order chi connectivity index (χ1) is 11.7. The third-order valence-corrected chi connectivity index (χ3v) is 4.22. The van der Waals surface area contributed by atoms with Gasteiger partial charge in [0.15, 0.2) is 0 Å². The fourth-order valence-corrected chi connectivity index (χ4v) is 2.86. The molecule has 1 saturated heterocycles. The Kier molecular flexibility index (Phi) is 5.16. The molecule has 2 aromatic rings. The highest BCUT2D eigenvalue weighted by atomic mass is 16.5. The lowest BCUT2D eigenvalue weighted by Gasteiger charge is -2.33. The van der Waals surface area contributed by atoms with E-state index < -0.39 is 0 Å². The van der Waals surface area contributed by atoms with E-state index in [0.29, 0.717) is 31.9 Å². The topological polar surface area (TPSA) is 38.8 Å². The van der Waals surface area contributed by atoms with Crippen LogP contribution in [0.1, 0.15) is 34.5 Å². The fourth-order valence-electron chi connectivity index (χ4n) is 2.86. The average Bonchev–Trinajstić information content (AvgIpc) is 2.63. The van der Waals surface area contributed by atoms with Gasteiger partial charge < -0.3 is 14.4 Å². The van der Waals surface area contributed by atoms with Gasteiger partial charge in [-0.15, -0.1) is 0 Å². The maximum Gasteiger partial charge on any atom is 0.254 e. The molecule has 0 saturated carbocycles. The van der Waals surface area contributed by atoms with Crippen molar-refractivity contribution in [1.29, 1.82) is 0 Å². The molecule has 0 aliphatic carbocycles. The molecule has 0 aromatic heterocycles. The van der Waals surface area contributed by atoms with E-state index in [9.17, 15) is 4.79 Å². The summed E-state index contributed by atoms with van der Waals surface area (Å²) in [7, 11) is 0. The zero-order valence-electron chi connectivity index (χ0n) is 14.2. The maximum absolute atomic E-state index is 12.7. The number of hydrogen-bond donors (Lipinski definition) is 0. The first-order valence-electron chi connectivity index (χ1n) is 8.37. The Labute approximate surface area is 143 Å². The van der Waals surface area contributed by atoms with Crippen molar-refractivity contribution < 1.29 is 14.3 Å². The Bertz CT molecular complexity index is 679. The maximum atomic E-state index is 12.7. The minimum atomic E-state index is -0.0639. The van der Waals surface area contributed by atoms with Crippen molar-refractivity contribution in [3.8, 4) is 5.75 Å². The number of benzene rings is 2. The Hall–Kier alpha value is -2.33. The minimum Gasteiger partial charge on any atom is -0.494 e. The summed E-state index contributed by atoms with van der Waals surface area (Å²) in [5.74, 6) is 0.826. The van der Waals surface area contributed by atoms with E-state index in [1.807, 2.05) is 36.1 Å². The van der Waals surface area contributed by atoms with E-state index in [2.05, 4.69) is 31.2 Å². The standard InChI is InChI=1S/C20H23NO3/c1-3-23-18-10-8-17(9-11-18)20(22)21-12-13-24-19(14-21)16-6-4-15(2)5-7-16/h4-11,19H,3,12-14H2,1-2H3. The van der Waals surface area contributed by atoms with E-state index in [1.54, 1.807) is 0 Å². The number of rotatable bonds is 4. The quantitative estimate of drug-likeness (QED) is 0.862. The van der Waals surface area contributed by atoms with Crippen molar-refractivity contribution in [2.45, 2.75) is 20.0 Å². The van der Waals surface area contributed by atoms with Crippen LogP contribution in [-0.4, -0.2) is 37.1 Å². The highest BCUT2D eigenvalue weighted by Gasteiger charge is 2.26. The Morgan fingerprint density at radius 2 is 1.88 bits per heavy atom. The summed E-state index contributed by atoms with van der Waals surface area (Å²) in [4.78, 5) is 14.6. The van der Waals surface area contributed by atoms with E-state index in [4.69, 9.17) is 9.47 Å². The molecule has 4 nitrogen and oxygen atoms in total. The van der Waals surface area contributed by atoms with Gasteiger partial charge in [0.2, 0.25) is 0 Å². The van der Waals surface area contributed by atoms with Crippen LogP contribution in [-0.2, 0) is 4.74 Å². The second-order valence-corrected chi connectivity index (χ2v) is 5.98. The average molecular weight is 325 g/mol. The van der Waals surface area contributed by atoms with Crippen molar-refractivity contribution in [3.05, 3.63) is 65.2 Å². The Morgan fingerprint density at radius 3 is 2.54 bits per heavy atom. The normalized spacial score (nSPS) is 17.6. The predicted octanol–water partition coefficient (Wildman–Crippen LogP) is 3.61. The lowest BCUT2D eigenvalue weighted by Crippen LogP contribution is -2.42. The van der Waals surface area contributed by atoms with Crippen LogP contribution in [0.15, 0.2) is 48.5 Å². The second kappa shape index (κ2) is 7.49. The van der Waals surface area contributed by atoms with Crippen LogP contribution >= 0.6 is 0 Å². The van der Waals surface area contributed by atoms with Gasteiger partial charge in [0, 0.05) is 12.1 Å². The van der Waals surface area contributed by atoms with Gasteiger partial charge in [-0.2, -0.15) is 0 Å². The summed E-state index contributed by atoms with van der Waals surface area (Å²) in [6.07, 6.45) is -0.0639. The summed E-state index contributed by atoms with van der Waals surface area (Å²) in [5.41, 5.74) is 3.02. The number of aryl methyl sites for hydroxylation is 1. The molecular weight excluding hydrogens is 302 g/mol. The lowest BCUT2D eigenvalue weighted by molar-refractivity contribution is -0.0228. The van der Waals surface area contributed by atoms with Crippen LogP contribution in [0, 0.1) is 6.92 Å². The van der Waals surface area contributed by atoms with Gasteiger partial charge >= 0.3 is 0 Å². The smallest absolute Gasteiger partial charge is 0.254 e. The Balaban J connectivity index is 1.69. The molecule has 1 unspecified atom stereocenters. The number of nitrogens with zero attached hydrogens (tertiary/aromatic N) is 1. The zero-order chi connectivity index (χ0) is 16.9. The van der Waals surface area contributed by atoms with Gasteiger partial charge in [-0.1, -0.05) is 29.8 Å². The van der Waals surface area contributed by atoms with Crippen molar-refractivity contribution in [2.24, 2.45) is 0 Å². The predicted molar refractivity (Wildman–Crippen MR) is 93.4 cm³/mol. The molecule has 0 N–H and O–H groups in total.